The number of amides is 1. The van der Waals surface area contributed by atoms with Crippen LogP contribution < -0.4 is 5.56 Å². The van der Waals surface area contributed by atoms with Crippen LogP contribution in [0.4, 0.5) is 0 Å². The summed E-state index contributed by atoms with van der Waals surface area (Å²) in [6.07, 6.45) is 7.35. The van der Waals surface area contributed by atoms with Gasteiger partial charge in [0.1, 0.15) is 5.52 Å². The third-order valence-electron chi connectivity index (χ3n) is 5.10. The molecule has 2 aromatic heterocycles. The quantitative estimate of drug-likeness (QED) is 0.766. The molecule has 0 saturated heterocycles. The summed E-state index contributed by atoms with van der Waals surface area (Å²) in [5.74, 6) is 0.741. The normalized spacial score (nSPS) is 13.9. The molecule has 134 valence electrons. The fourth-order valence-electron chi connectivity index (χ4n) is 3.40. The molecule has 26 heavy (non-hydrogen) atoms. The predicted molar refractivity (Wildman–Crippen MR) is 103 cm³/mol. The van der Waals surface area contributed by atoms with Crippen LogP contribution in [-0.4, -0.2) is 34.5 Å². The third-order valence-corrected chi connectivity index (χ3v) is 5.10. The van der Waals surface area contributed by atoms with Gasteiger partial charge in [-0.1, -0.05) is 25.0 Å². The molecule has 1 fully saturated rings. The lowest BCUT2D eigenvalue weighted by molar-refractivity contribution is 0.0827. The molecular weight excluding hydrogens is 326 g/mol. The van der Waals surface area contributed by atoms with Crippen molar-refractivity contribution in [2.45, 2.75) is 25.8 Å². The Hall–Kier alpha value is -2.82. The van der Waals surface area contributed by atoms with E-state index in [1.165, 1.54) is 12.8 Å². The number of nitrogens with zero attached hydrogens (tertiary/aromatic N) is 2. The fourth-order valence-corrected chi connectivity index (χ4v) is 3.40. The lowest BCUT2D eigenvalue weighted by Gasteiger charge is -2.13. The maximum Gasteiger partial charge on any atom is 0.274 e. The van der Waals surface area contributed by atoms with Crippen molar-refractivity contribution in [3.63, 3.8) is 0 Å². The van der Waals surface area contributed by atoms with Crippen LogP contribution in [0.3, 0.4) is 0 Å². The first-order valence-electron chi connectivity index (χ1n) is 9.07. The van der Waals surface area contributed by atoms with Crippen LogP contribution in [0.5, 0.6) is 0 Å². The van der Waals surface area contributed by atoms with Gasteiger partial charge in [-0.25, -0.2) is 0 Å². The van der Waals surface area contributed by atoms with Crippen LogP contribution >= 0.6 is 0 Å². The minimum absolute atomic E-state index is 0.0231. The van der Waals surface area contributed by atoms with Gasteiger partial charge < -0.3 is 14.5 Å². The topological polar surface area (TPSA) is 58.1 Å². The van der Waals surface area contributed by atoms with E-state index < -0.39 is 0 Å². The van der Waals surface area contributed by atoms with Crippen molar-refractivity contribution in [1.82, 2.24) is 14.5 Å². The maximum absolute atomic E-state index is 12.7. The number of carbonyl (C=O) groups is 1. The van der Waals surface area contributed by atoms with Crippen LogP contribution in [0.15, 0.2) is 47.5 Å². The molecule has 0 unspecified atom stereocenters. The Kier molecular flexibility index (Phi) is 4.15. The summed E-state index contributed by atoms with van der Waals surface area (Å²) in [6, 6.07) is 9.54. The standard InChI is InChI=1S/C21H23N3O2/c1-23(2)20(25)16-5-3-4-15(12-16)18-13-24(11-9-14-6-7-14)21(26)19-17(18)8-10-22-19/h3-5,8,10,12-14,22H,6-7,9,11H2,1-2H3. The average Bonchev–Trinajstić information content (AvgIpc) is 3.34. The third kappa shape index (κ3) is 3.05. The number of fused-ring (bicyclic) bond motifs is 1. The molecule has 3 aromatic rings. The molecule has 1 aliphatic rings. The number of benzene rings is 1. The molecular formula is C21H23N3O2. The first-order valence-corrected chi connectivity index (χ1v) is 9.07. The zero-order chi connectivity index (χ0) is 18.3. The smallest absolute Gasteiger partial charge is 0.274 e. The Labute approximate surface area is 152 Å². The molecule has 1 aliphatic carbocycles. The number of rotatable bonds is 5. The highest BCUT2D eigenvalue weighted by Gasteiger charge is 2.21. The molecule has 2 heterocycles. The Morgan fingerprint density at radius 2 is 2.08 bits per heavy atom. The van der Waals surface area contributed by atoms with Crippen molar-refractivity contribution in [3.05, 3.63) is 58.6 Å². The molecule has 1 aromatic carbocycles. The Morgan fingerprint density at radius 3 is 2.81 bits per heavy atom. The Balaban J connectivity index is 1.81. The molecule has 5 nitrogen and oxygen atoms in total. The summed E-state index contributed by atoms with van der Waals surface area (Å²) in [7, 11) is 3.49. The van der Waals surface area contributed by atoms with Crippen molar-refractivity contribution < 1.29 is 4.79 Å². The number of hydrogen-bond acceptors (Lipinski definition) is 2. The van der Waals surface area contributed by atoms with Gasteiger partial charge in [-0.3, -0.25) is 9.59 Å². The molecule has 0 bridgehead atoms. The second-order valence-corrected chi connectivity index (χ2v) is 7.32. The van der Waals surface area contributed by atoms with E-state index in [0.29, 0.717) is 11.1 Å². The average molecular weight is 349 g/mol. The fraction of sp³-hybridized carbons (Fsp3) is 0.333. The molecule has 4 rings (SSSR count). The second-order valence-electron chi connectivity index (χ2n) is 7.32. The number of aromatic amines is 1. The molecule has 0 atom stereocenters. The van der Waals surface area contributed by atoms with E-state index in [1.807, 2.05) is 41.1 Å². The van der Waals surface area contributed by atoms with Gasteiger partial charge >= 0.3 is 0 Å². The van der Waals surface area contributed by atoms with Gasteiger partial charge in [0.25, 0.3) is 11.5 Å². The van der Waals surface area contributed by atoms with E-state index >= 15 is 0 Å². The Morgan fingerprint density at radius 1 is 1.27 bits per heavy atom. The highest BCUT2D eigenvalue weighted by Crippen LogP contribution is 2.33. The number of pyridine rings is 1. The van der Waals surface area contributed by atoms with E-state index in [0.717, 1.165) is 35.4 Å². The SMILES string of the molecule is CN(C)C(=O)c1cccc(-c2cn(CCC3CC3)c(=O)c3[nH]ccc23)c1. The van der Waals surface area contributed by atoms with Crippen LogP contribution in [0.2, 0.25) is 0 Å². The second kappa shape index (κ2) is 6.48. The summed E-state index contributed by atoms with van der Waals surface area (Å²) < 4.78 is 1.81. The van der Waals surface area contributed by atoms with Crippen molar-refractivity contribution in [2.75, 3.05) is 14.1 Å². The van der Waals surface area contributed by atoms with Crippen LogP contribution in [0, 0.1) is 5.92 Å². The summed E-state index contributed by atoms with van der Waals surface area (Å²) in [6.45, 7) is 0.738. The Bertz CT molecular complexity index is 1030. The summed E-state index contributed by atoms with van der Waals surface area (Å²) >= 11 is 0. The van der Waals surface area contributed by atoms with Gasteiger partial charge in [0.2, 0.25) is 0 Å². The highest BCUT2D eigenvalue weighted by molar-refractivity contribution is 5.98. The minimum Gasteiger partial charge on any atom is -0.357 e. The maximum atomic E-state index is 12.7. The zero-order valence-electron chi connectivity index (χ0n) is 15.2. The van der Waals surface area contributed by atoms with Gasteiger partial charge in [0, 0.05) is 49.5 Å². The first kappa shape index (κ1) is 16.6. The molecule has 1 amide bonds. The number of H-pyrrole nitrogens is 1. The van der Waals surface area contributed by atoms with Gasteiger partial charge in [-0.2, -0.15) is 0 Å². The monoisotopic (exact) mass is 349 g/mol. The summed E-state index contributed by atoms with van der Waals surface area (Å²) in [4.78, 5) is 29.7. The van der Waals surface area contributed by atoms with Gasteiger partial charge in [-0.05, 0) is 36.1 Å². The van der Waals surface area contributed by atoms with Gasteiger partial charge in [-0.15, -0.1) is 0 Å². The van der Waals surface area contributed by atoms with Crippen molar-refractivity contribution >= 4 is 16.8 Å². The van der Waals surface area contributed by atoms with E-state index in [9.17, 15) is 9.59 Å². The van der Waals surface area contributed by atoms with Crippen LogP contribution in [0.1, 0.15) is 29.6 Å². The number of aromatic nitrogens is 2. The number of hydrogen-bond donors (Lipinski definition) is 1. The largest absolute Gasteiger partial charge is 0.357 e. The molecule has 0 radical (unpaired) electrons. The van der Waals surface area contributed by atoms with E-state index in [4.69, 9.17) is 0 Å². The number of aryl methyl sites for hydroxylation is 1. The molecule has 1 saturated carbocycles. The van der Waals surface area contributed by atoms with Gasteiger partial charge in [0.05, 0.1) is 0 Å². The minimum atomic E-state index is -0.0285. The number of carbonyl (C=O) groups excluding carboxylic acids is 1. The molecule has 5 heteroatoms. The predicted octanol–water partition coefficient (Wildman–Crippen LogP) is 3.50. The van der Waals surface area contributed by atoms with Crippen LogP contribution in [-0.2, 0) is 6.54 Å². The van der Waals surface area contributed by atoms with E-state index in [2.05, 4.69) is 4.98 Å². The van der Waals surface area contributed by atoms with Crippen molar-refractivity contribution in [2.24, 2.45) is 5.92 Å². The lowest BCUT2D eigenvalue weighted by Crippen LogP contribution is -2.22. The van der Waals surface area contributed by atoms with E-state index in [-0.39, 0.29) is 11.5 Å². The summed E-state index contributed by atoms with van der Waals surface area (Å²) in [5.41, 5.74) is 3.22. The zero-order valence-corrected chi connectivity index (χ0v) is 15.2. The molecule has 0 spiro atoms. The van der Waals surface area contributed by atoms with Crippen LogP contribution in [0.25, 0.3) is 22.0 Å². The molecule has 1 N–H and O–H groups in total. The number of nitrogens with one attached hydrogen (secondary N) is 1. The lowest BCUT2D eigenvalue weighted by atomic mass is 10.0. The highest BCUT2D eigenvalue weighted by atomic mass is 16.2. The van der Waals surface area contributed by atoms with Gasteiger partial charge in [0.15, 0.2) is 0 Å². The van der Waals surface area contributed by atoms with Crippen molar-refractivity contribution in [3.8, 4) is 11.1 Å². The van der Waals surface area contributed by atoms with Crippen molar-refractivity contribution in [1.29, 1.82) is 0 Å². The van der Waals surface area contributed by atoms with E-state index in [1.54, 1.807) is 25.2 Å². The molecule has 0 aliphatic heterocycles. The summed E-state index contributed by atoms with van der Waals surface area (Å²) in [5, 5.41) is 0.895. The first-order chi connectivity index (χ1) is 12.5.